The second-order valence-electron chi connectivity index (χ2n) is 11.3. The highest BCUT2D eigenvalue weighted by Crippen LogP contribution is 2.66. The maximum atomic E-state index is 14.4. The maximum Gasteiger partial charge on any atom is 0.247 e. The van der Waals surface area contributed by atoms with Crippen molar-refractivity contribution in [2.45, 2.75) is 81.9 Å². The monoisotopic (exact) mass is 517 g/mol. The lowest BCUT2D eigenvalue weighted by atomic mass is 9.74. The maximum absolute atomic E-state index is 14.4. The SMILES string of the molecule is CCCCCN1CC=C[C@]23S[C@]4(C)C=CCN(CCC)C(=O)[C@@H]4[C@H]2C(=O)N([C@@H](CO)C(C)C)C3C1=O. The standard InChI is InChI=1S/C28H43N3O4S/c1-6-8-9-15-30-17-11-13-28-22(25(34)31(23(28)26(30)35)20(18-32)19(3)4)21-24(33)29(14-7-2)16-10-12-27(21,5)36-28/h10-13,19-23,32H,6-9,14-18H2,1-5H3/t20-,21-,22-,23?,27+,28-/m0/s1. The molecule has 0 aromatic rings. The molecule has 3 amide bonds. The number of likely N-dealkylation sites (tertiary alicyclic amines) is 1. The third-order valence-electron chi connectivity index (χ3n) is 8.50. The predicted molar refractivity (Wildman–Crippen MR) is 143 cm³/mol. The van der Waals surface area contributed by atoms with E-state index in [1.165, 1.54) is 0 Å². The van der Waals surface area contributed by atoms with Crippen LogP contribution in [0.4, 0.5) is 0 Å². The van der Waals surface area contributed by atoms with E-state index in [-0.39, 0.29) is 30.2 Å². The Morgan fingerprint density at radius 1 is 0.944 bits per heavy atom. The van der Waals surface area contributed by atoms with Crippen LogP contribution < -0.4 is 0 Å². The Bertz CT molecular complexity index is 936. The van der Waals surface area contributed by atoms with Crippen LogP contribution in [-0.2, 0) is 14.4 Å². The molecule has 0 aliphatic carbocycles. The minimum absolute atomic E-state index is 0.00247. The fourth-order valence-corrected chi connectivity index (χ4v) is 8.90. The van der Waals surface area contributed by atoms with Gasteiger partial charge >= 0.3 is 0 Å². The number of hydrogen-bond acceptors (Lipinski definition) is 5. The molecule has 0 radical (unpaired) electrons. The van der Waals surface area contributed by atoms with E-state index in [2.05, 4.69) is 39.0 Å². The average molecular weight is 518 g/mol. The Balaban J connectivity index is 1.84. The van der Waals surface area contributed by atoms with E-state index in [1.54, 1.807) is 16.7 Å². The number of aliphatic hydroxyl groups is 1. The Hall–Kier alpha value is -1.80. The van der Waals surface area contributed by atoms with Crippen molar-refractivity contribution in [1.82, 2.24) is 14.7 Å². The van der Waals surface area contributed by atoms with E-state index in [4.69, 9.17) is 0 Å². The number of thioether (sulfide) groups is 1. The van der Waals surface area contributed by atoms with Gasteiger partial charge in [-0.15, -0.1) is 11.8 Å². The van der Waals surface area contributed by atoms with Gasteiger partial charge in [-0.1, -0.05) is 64.8 Å². The Morgan fingerprint density at radius 3 is 2.22 bits per heavy atom. The minimum atomic E-state index is -0.843. The van der Waals surface area contributed by atoms with Crippen molar-refractivity contribution in [3.63, 3.8) is 0 Å². The Morgan fingerprint density at radius 2 is 1.61 bits per heavy atom. The highest BCUT2D eigenvalue weighted by Gasteiger charge is 2.74. The number of carbonyl (C=O) groups excluding carboxylic acids is 3. The van der Waals surface area contributed by atoms with Gasteiger partial charge in [0.05, 0.1) is 29.2 Å². The largest absolute Gasteiger partial charge is 0.394 e. The van der Waals surface area contributed by atoms with Gasteiger partial charge in [0.25, 0.3) is 0 Å². The third kappa shape index (κ3) is 4.22. The fraction of sp³-hybridized carbons (Fsp3) is 0.750. The topological polar surface area (TPSA) is 81.2 Å². The highest BCUT2D eigenvalue weighted by molar-refractivity contribution is 8.02. The highest BCUT2D eigenvalue weighted by atomic mass is 32.2. The van der Waals surface area contributed by atoms with Crippen molar-refractivity contribution >= 4 is 29.5 Å². The molecule has 0 saturated carbocycles. The number of amides is 3. The van der Waals surface area contributed by atoms with Crippen molar-refractivity contribution in [3.8, 4) is 0 Å². The summed E-state index contributed by atoms with van der Waals surface area (Å²) in [6.45, 7) is 12.3. The van der Waals surface area contributed by atoms with Gasteiger partial charge < -0.3 is 19.8 Å². The molecule has 1 unspecified atom stereocenters. The summed E-state index contributed by atoms with van der Waals surface area (Å²) < 4.78 is -1.43. The van der Waals surface area contributed by atoms with Crippen LogP contribution in [0.1, 0.15) is 60.3 Å². The van der Waals surface area contributed by atoms with Gasteiger partial charge in [0.2, 0.25) is 17.7 Å². The number of carbonyl (C=O) groups is 3. The molecule has 2 fully saturated rings. The smallest absolute Gasteiger partial charge is 0.247 e. The van der Waals surface area contributed by atoms with E-state index >= 15 is 0 Å². The van der Waals surface area contributed by atoms with Crippen LogP contribution in [0.25, 0.3) is 0 Å². The molecule has 7 nitrogen and oxygen atoms in total. The summed E-state index contributed by atoms with van der Waals surface area (Å²) in [5.74, 6) is -1.44. The lowest BCUT2D eigenvalue weighted by Crippen LogP contribution is -2.58. The molecule has 6 atom stereocenters. The molecule has 36 heavy (non-hydrogen) atoms. The molecule has 8 heteroatoms. The van der Waals surface area contributed by atoms with Gasteiger partial charge in [-0.25, -0.2) is 0 Å². The molecule has 0 aromatic heterocycles. The van der Waals surface area contributed by atoms with Crippen molar-refractivity contribution in [1.29, 1.82) is 0 Å². The van der Waals surface area contributed by atoms with Gasteiger partial charge in [-0.3, -0.25) is 14.4 Å². The molecule has 4 aliphatic heterocycles. The first-order chi connectivity index (χ1) is 17.2. The summed E-state index contributed by atoms with van der Waals surface area (Å²) in [5, 5.41) is 10.4. The van der Waals surface area contributed by atoms with Gasteiger partial charge in [0.15, 0.2) is 0 Å². The molecule has 4 rings (SSSR count). The van der Waals surface area contributed by atoms with E-state index in [1.807, 2.05) is 29.7 Å². The van der Waals surface area contributed by atoms with E-state index in [0.717, 1.165) is 25.7 Å². The summed E-state index contributed by atoms with van der Waals surface area (Å²) in [6, 6.07) is -1.21. The quantitative estimate of drug-likeness (QED) is 0.376. The molecule has 200 valence electrons. The van der Waals surface area contributed by atoms with Crippen LogP contribution in [0.2, 0.25) is 0 Å². The molecule has 0 bridgehead atoms. The van der Waals surface area contributed by atoms with Crippen LogP contribution in [0.5, 0.6) is 0 Å². The summed E-state index contributed by atoms with van der Waals surface area (Å²) in [5.41, 5.74) is 0. The zero-order valence-electron chi connectivity index (χ0n) is 22.5. The molecule has 1 N–H and O–H groups in total. The summed E-state index contributed by atoms with van der Waals surface area (Å²) in [7, 11) is 0. The first-order valence-corrected chi connectivity index (χ1v) is 14.5. The predicted octanol–water partition coefficient (Wildman–Crippen LogP) is 3.09. The number of fused-ring (bicyclic) bond motifs is 2. The number of hydrogen-bond donors (Lipinski definition) is 1. The Labute approximate surface area is 220 Å². The zero-order valence-corrected chi connectivity index (χ0v) is 23.3. The molecular formula is C28H43N3O4S. The Kier molecular flexibility index (Phi) is 7.96. The average Bonchev–Trinajstić information content (AvgIpc) is 3.10. The lowest BCUT2D eigenvalue weighted by Gasteiger charge is -2.41. The van der Waals surface area contributed by atoms with Crippen molar-refractivity contribution in [2.75, 3.05) is 32.8 Å². The second-order valence-corrected chi connectivity index (χ2v) is 13.1. The van der Waals surface area contributed by atoms with Crippen molar-refractivity contribution < 1.29 is 19.5 Å². The first-order valence-electron chi connectivity index (χ1n) is 13.7. The first kappa shape index (κ1) is 27.2. The van der Waals surface area contributed by atoms with Gasteiger partial charge in [-0.05, 0) is 25.7 Å². The normalized spacial score (nSPS) is 34.7. The van der Waals surface area contributed by atoms with E-state index < -0.39 is 33.4 Å². The van der Waals surface area contributed by atoms with Crippen LogP contribution in [-0.4, -0.2) is 91.9 Å². The molecular weight excluding hydrogens is 474 g/mol. The number of rotatable bonds is 9. The molecule has 1 spiro atoms. The minimum Gasteiger partial charge on any atom is -0.394 e. The molecule has 4 aliphatic rings. The van der Waals surface area contributed by atoms with E-state index in [9.17, 15) is 19.5 Å². The van der Waals surface area contributed by atoms with Crippen molar-refractivity contribution in [2.24, 2.45) is 17.8 Å². The summed E-state index contributed by atoms with van der Waals surface area (Å²) >= 11 is 1.62. The van der Waals surface area contributed by atoms with Crippen LogP contribution >= 0.6 is 11.8 Å². The van der Waals surface area contributed by atoms with Crippen molar-refractivity contribution in [3.05, 3.63) is 24.3 Å². The molecule has 0 aromatic carbocycles. The van der Waals surface area contributed by atoms with E-state index in [0.29, 0.717) is 26.2 Å². The van der Waals surface area contributed by atoms with Gasteiger partial charge in [0, 0.05) is 30.9 Å². The molecule has 4 heterocycles. The number of nitrogens with zero attached hydrogens (tertiary/aromatic N) is 3. The van der Waals surface area contributed by atoms with Gasteiger partial charge in [-0.2, -0.15) is 0 Å². The zero-order chi connectivity index (χ0) is 26.3. The van der Waals surface area contributed by atoms with Crippen LogP contribution in [0, 0.1) is 17.8 Å². The second kappa shape index (κ2) is 10.5. The van der Waals surface area contributed by atoms with Crippen LogP contribution in [0.3, 0.4) is 0 Å². The fourth-order valence-electron chi connectivity index (χ4n) is 6.76. The summed E-state index contributed by atoms with van der Waals surface area (Å²) in [4.78, 5) is 48.1. The van der Waals surface area contributed by atoms with Gasteiger partial charge in [0.1, 0.15) is 6.04 Å². The third-order valence-corrected chi connectivity index (χ3v) is 10.3. The molecule has 2 saturated heterocycles. The number of unbranched alkanes of at least 4 members (excludes halogenated alkanes) is 2. The lowest BCUT2D eigenvalue weighted by molar-refractivity contribution is -0.148. The van der Waals surface area contributed by atoms with Crippen LogP contribution in [0.15, 0.2) is 24.3 Å². The number of aliphatic hydroxyl groups excluding tert-OH is 1. The summed E-state index contributed by atoms with van der Waals surface area (Å²) in [6.07, 6.45) is 12.1.